The number of esters is 1. The molecule has 0 spiro atoms. The third-order valence-electron chi connectivity index (χ3n) is 6.41. The lowest BCUT2D eigenvalue weighted by Gasteiger charge is -2.29. The molecule has 1 heterocycles. The standard InChI is InChI=1S/C28H35FN2O5S/c1-6-30(7-2)16-9-8-10-20-18-21(29)11-14-24(20)37-31(28(33)35-5)23-13-12-22-19(3)15-17-36-26(22)25(23)27(32)34-4/h8,10-14,18-19H,6-7,9,15-17H2,1-5H3/b10-8-. The maximum absolute atomic E-state index is 14.2. The molecule has 0 fully saturated rings. The molecule has 37 heavy (non-hydrogen) atoms. The monoisotopic (exact) mass is 530 g/mol. The lowest BCUT2D eigenvalue weighted by molar-refractivity contribution is 0.0595. The molecule has 0 saturated carbocycles. The highest BCUT2D eigenvalue weighted by Gasteiger charge is 2.32. The molecule has 0 N–H and O–H groups in total. The second-order valence-corrected chi connectivity index (χ2v) is 9.65. The van der Waals surface area contributed by atoms with E-state index in [1.807, 2.05) is 18.2 Å². The number of ether oxygens (including phenoxy) is 3. The largest absolute Gasteiger partial charge is 0.492 e. The Labute approximate surface area is 222 Å². The molecule has 1 aliphatic rings. The minimum Gasteiger partial charge on any atom is -0.492 e. The van der Waals surface area contributed by atoms with Crippen LogP contribution in [0.2, 0.25) is 0 Å². The van der Waals surface area contributed by atoms with E-state index in [4.69, 9.17) is 14.2 Å². The van der Waals surface area contributed by atoms with Crippen molar-refractivity contribution in [1.29, 1.82) is 0 Å². The molecule has 3 rings (SSSR count). The van der Waals surface area contributed by atoms with Crippen LogP contribution in [-0.2, 0) is 9.47 Å². The predicted octanol–water partition coefficient (Wildman–Crippen LogP) is 6.52. The van der Waals surface area contributed by atoms with Gasteiger partial charge in [-0.1, -0.05) is 39.0 Å². The molecule has 1 aliphatic heterocycles. The maximum Gasteiger partial charge on any atom is 0.424 e. The molecule has 1 atom stereocenters. The first-order chi connectivity index (χ1) is 17.8. The van der Waals surface area contributed by atoms with Gasteiger partial charge >= 0.3 is 12.1 Å². The Bertz CT molecular complexity index is 1140. The zero-order valence-corrected chi connectivity index (χ0v) is 22.9. The van der Waals surface area contributed by atoms with Crippen molar-refractivity contribution in [2.75, 3.05) is 44.8 Å². The number of hydrogen-bond donors (Lipinski definition) is 0. The number of benzene rings is 2. The van der Waals surface area contributed by atoms with E-state index >= 15 is 0 Å². The van der Waals surface area contributed by atoms with Gasteiger partial charge in [0, 0.05) is 11.4 Å². The molecule has 200 valence electrons. The van der Waals surface area contributed by atoms with Crippen LogP contribution in [0.3, 0.4) is 0 Å². The van der Waals surface area contributed by atoms with Crippen LogP contribution in [0.4, 0.5) is 14.9 Å². The Kier molecular flexibility index (Phi) is 10.4. The number of nitrogens with zero attached hydrogens (tertiary/aromatic N) is 2. The summed E-state index contributed by atoms with van der Waals surface area (Å²) in [7, 11) is 2.55. The Balaban J connectivity index is 2.01. The third kappa shape index (κ3) is 6.84. The normalized spacial score (nSPS) is 14.8. The van der Waals surface area contributed by atoms with E-state index < -0.39 is 12.1 Å². The van der Waals surface area contributed by atoms with Gasteiger partial charge in [-0.15, -0.1) is 0 Å². The molecule has 7 nitrogen and oxygen atoms in total. The second kappa shape index (κ2) is 13.5. The highest BCUT2D eigenvalue weighted by molar-refractivity contribution is 8.01. The van der Waals surface area contributed by atoms with Gasteiger partial charge in [0.1, 0.15) is 17.1 Å². The Hall–Kier alpha value is -3.04. The molecule has 2 aromatic rings. The zero-order chi connectivity index (χ0) is 26.9. The van der Waals surface area contributed by atoms with Crippen LogP contribution in [0.25, 0.3) is 6.08 Å². The fourth-order valence-electron chi connectivity index (χ4n) is 4.20. The molecule has 0 radical (unpaired) electrons. The topological polar surface area (TPSA) is 68.3 Å². The summed E-state index contributed by atoms with van der Waals surface area (Å²) >= 11 is 1.04. The van der Waals surface area contributed by atoms with Crippen molar-refractivity contribution < 1.29 is 28.2 Å². The fourth-order valence-corrected chi connectivity index (χ4v) is 5.16. The molecule has 1 unspecified atom stereocenters. The smallest absolute Gasteiger partial charge is 0.424 e. The minimum absolute atomic E-state index is 0.155. The molecule has 0 aliphatic carbocycles. The van der Waals surface area contributed by atoms with Crippen molar-refractivity contribution in [3.05, 3.63) is 58.9 Å². The Morgan fingerprint density at radius 3 is 2.59 bits per heavy atom. The number of carbonyl (C=O) groups excluding carboxylic acids is 2. The van der Waals surface area contributed by atoms with Gasteiger partial charge in [-0.3, -0.25) is 0 Å². The van der Waals surface area contributed by atoms with Gasteiger partial charge in [-0.05, 0) is 79.2 Å². The lowest BCUT2D eigenvalue weighted by atomic mass is 9.92. The molecule has 2 aromatic carbocycles. The van der Waals surface area contributed by atoms with Crippen LogP contribution in [-0.4, -0.2) is 57.4 Å². The maximum atomic E-state index is 14.2. The number of fused-ring (bicyclic) bond motifs is 1. The van der Waals surface area contributed by atoms with Crippen molar-refractivity contribution in [2.24, 2.45) is 0 Å². The van der Waals surface area contributed by atoms with Gasteiger partial charge in [-0.25, -0.2) is 18.3 Å². The SMILES string of the molecule is CCN(CC)CC/C=C\c1cc(F)ccc1SN(C(=O)OC)c1ccc2c(c1C(=O)OC)OCCC2C. The predicted molar refractivity (Wildman–Crippen MR) is 145 cm³/mol. The number of carbonyl (C=O) groups is 2. The highest BCUT2D eigenvalue weighted by atomic mass is 32.2. The van der Waals surface area contributed by atoms with E-state index in [0.29, 0.717) is 22.8 Å². The first kappa shape index (κ1) is 28.5. The second-order valence-electron chi connectivity index (χ2n) is 8.66. The molecule has 9 heteroatoms. The quantitative estimate of drug-likeness (QED) is 0.256. The number of halogens is 1. The van der Waals surface area contributed by atoms with Gasteiger partial charge in [-0.2, -0.15) is 0 Å². The van der Waals surface area contributed by atoms with Gasteiger partial charge < -0.3 is 19.1 Å². The molecule has 0 saturated heterocycles. The number of rotatable bonds is 10. The van der Waals surface area contributed by atoms with E-state index in [-0.39, 0.29) is 23.0 Å². The fraction of sp³-hybridized carbons (Fsp3) is 0.429. The van der Waals surface area contributed by atoms with Crippen molar-refractivity contribution in [3.8, 4) is 5.75 Å². The average molecular weight is 531 g/mol. The van der Waals surface area contributed by atoms with Crippen molar-refractivity contribution in [3.63, 3.8) is 0 Å². The van der Waals surface area contributed by atoms with Gasteiger partial charge in [0.2, 0.25) is 0 Å². The summed E-state index contributed by atoms with van der Waals surface area (Å²) in [6, 6.07) is 7.92. The van der Waals surface area contributed by atoms with Crippen molar-refractivity contribution in [2.45, 2.75) is 44.4 Å². The van der Waals surface area contributed by atoms with E-state index in [1.165, 1.54) is 30.7 Å². The summed E-state index contributed by atoms with van der Waals surface area (Å²) in [5.41, 5.74) is 1.92. The third-order valence-corrected chi connectivity index (χ3v) is 7.51. The molecule has 0 aromatic heterocycles. The number of methoxy groups -OCH3 is 2. The van der Waals surface area contributed by atoms with Gasteiger partial charge in [0.15, 0.2) is 0 Å². The Morgan fingerprint density at radius 1 is 1.16 bits per heavy atom. The van der Waals surface area contributed by atoms with Gasteiger partial charge in [0.25, 0.3) is 0 Å². The van der Waals surface area contributed by atoms with Crippen LogP contribution in [0.5, 0.6) is 5.75 Å². The van der Waals surface area contributed by atoms with E-state index in [2.05, 4.69) is 25.7 Å². The van der Waals surface area contributed by atoms with Crippen LogP contribution in [0.1, 0.15) is 61.0 Å². The van der Waals surface area contributed by atoms with Gasteiger partial charge in [0.05, 0.1) is 26.5 Å². The number of anilines is 1. The summed E-state index contributed by atoms with van der Waals surface area (Å²) in [5.74, 6) is -0.409. The van der Waals surface area contributed by atoms with E-state index in [1.54, 1.807) is 12.1 Å². The first-order valence-electron chi connectivity index (χ1n) is 12.5. The first-order valence-corrected chi connectivity index (χ1v) is 13.2. The number of hydrogen-bond acceptors (Lipinski definition) is 7. The van der Waals surface area contributed by atoms with Crippen LogP contribution in [0.15, 0.2) is 41.3 Å². The van der Waals surface area contributed by atoms with E-state index in [9.17, 15) is 14.0 Å². The number of amides is 1. The average Bonchev–Trinajstić information content (AvgIpc) is 2.91. The van der Waals surface area contributed by atoms with Crippen LogP contribution in [0, 0.1) is 5.82 Å². The minimum atomic E-state index is -0.695. The summed E-state index contributed by atoms with van der Waals surface area (Å²) in [6.45, 7) is 9.57. The summed E-state index contributed by atoms with van der Waals surface area (Å²) < 4.78 is 31.5. The van der Waals surface area contributed by atoms with E-state index in [0.717, 1.165) is 50.0 Å². The van der Waals surface area contributed by atoms with Crippen LogP contribution >= 0.6 is 11.9 Å². The summed E-state index contributed by atoms with van der Waals surface area (Å²) in [6.07, 6.45) is 4.77. The lowest BCUT2D eigenvalue weighted by Crippen LogP contribution is -2.27. The summed E-state index contributed by atoms with van der Waals surface area (Å²) in [4.78, 5) is 28.8. The Morgan fingerprint density at radius 2 is 1.92 bits per heavy atom. The molecule has 0 bridgehead atoms. The molecule has 1 amide bonds. The summed E-state index contributed by atoms with van der Waals surface area (Å²) in [5, 5.41) is 0. The van der Waals surface area contributed by atoms with Crippen molar-refractivity contribution >= 4 is 35.8 Å². The molecular weight excluding hydrogens is 495 g/mol. The van der Waals surface area contributed by atoms with Crippen LogP contribution < -0.4 is 9.04 Å². The van der Waals surface area contributed by atoms with Crippen molar-refractivity contribution in [1.82, 2.24) is 4.90 Å². The highest BCUT2D eigenvalue weighted by Crippen LogP contribution is 2.44. The zero-order valence-electron chi connectivity index (χ0n) is 22.1. The molecular formula is C28H35FN2O5S.